The van der Waals surface area contributed by atoms with Crippen molar-refractivity contribution in [1.29, 1.82) is 0 Å². The van der Waals surface area contributed by atoms with Gasteiger partial charge in [0.05, 0.1) is 30.2 Å². The fourth-order valence-electron chi connectivity index (χ4n) is 8.17. The van der Waals surface area contributed by atoms with Gasteiger partial charge in [-0.25, -0.2) is 9.69 Å². The van der Waals surface area contributed by atoms with Gasteiger partial charge in [-0.15, -0.1) is 0 Å². The first-order valence-corrected chi connectivity index (χ1v) is 18.1. The van der Waals surface area contributed by atoms with Crippen LogP contribution >= 0.6 is 0 Å². The van der Waals surface area contributed by atoms with Gasteiger partial charge in [0.25, 0.3) is 0 Å². The molecule has 2 heterocycles. The number of ether oxygens (including phenoxy) is 2. The molecule has 1 saturated carbocycles. The Morgan fingerprint density at radius 2 is 1.43 bits per heavy atom. The van der Waals surface area contributed by atoms with Crippen LogP contribution in [0.5, 0.6) is 5.75 Å². The Labute approximate surface area is 258 Å². The summed E-state index contributed by atoms with van der Waals surface area (Å²) in [4.78, 5) is 45.2. The van der Waals surface area contributed by atoms with Gasteiger partial charge in [0, 0.05) is 11.3 Å². The second kappa shape index (κ2) is 9.49. The van der Waals surface area contributed by atoms with Gasteiger partial charge in [0.2, 0.25) is 11.8 Å². The fraction of sp³-hybridized carbons (Fsp3) is 0.361. The maximum absolute atomic E-state index is 14.9. The Kier molecular flexibility index (Phi) is 6.20. The normalized spacial score (nSPS) is 29.3. The van der Waals surface area contributed by atoms with Crippen molar-refractivity contribution in [2.45, 2.75) is 55.8 Å². The van der Waals surface area contributed by atoms with Gasteiger partial charge in [-0.2, -0.15) is 0 Å². The molecule has 2 aliphatic heterocycles. The van der Waals surface area contributed by atoms with E-state index in [0.29, 0.717) is 17.0 Å². The van der Waals surface area contributed by atoms with Gasteiger partial charge in [0.15, 0.2) is 8.32 Å². The number of nitrogens with zero attached hydrogens (tertiary/aromatic N) is 1. The van der Waals surface area contributed by atoms with Gasteiger partial charge in [-0.1, -0.05) is 81.4 Å². The van der Waals surface area contributed by atoms with Crippen molar-refractivity contribution < 1.29 is 28.3 Å². The summed E-state index contributed by atoms with van der Waals surface area (Å²) in [7, 11) is -1.09. The highest BCUT2D eigenvalue weighted by Gasteiger charge is 2.85. The Bertz CT molecular complexity index is 1710. The molecule has 2 bridgehead atoms. The third-order valence-corrected chi connectivity index (χ3v) is 15.3. The molecule has 0 N–H and O–H groups in total. The summed E-state index contributed by atoms with van der Waals surface area (Å²) < 4.78 is 18.9. The van der Waals surface area contributed by atoms with Crippen LogP contribution < -0.4 is 9.64 Å². The maximum Gasteiger partial charge on any atom is 0.337 e. The number of hydrogen-bond donors (Lipinski definition) is 0. The number of carbonyl (C=O) groups excluding carboxylic acids is 3. The third kappa shape index (κ3) is 3.49. The molecule has 7 nitrogen and oxygen atoms in total. The summed E-state index contributed by atoms with van der Waals surface area (Å²) in [5.41, 5.74) is 0.962. The molecule has 3 aromatic rings. The third-order valence-electron chi connectivity index (χ3n) is 10.8. The zero-order valence-electron chi connectivity index (χ0n) is 25.9. The van der Waals surface area contributed by atoms with E-state index >= 15 is 0 Å². The van der Waals surface area contributed by atoms with E-state index in [1.54, 1.807) is 19.2 Å². The van der Waals surface area contributed by atoms with E-state index in [1.165, 1.54) is 4.90 Å². The number of esters is 1. The Morgan fingerprint density at radius 3 is 2.02 bits per heavy atom. The number of amides is 2. The summed E-state index contributed by atoms with van der Waals surface area (Å²) in [5, 5.41) is -0.250. The number of methoxy groups -OCH3 is 1. The van der Waals surface area contributed by atoms with E-state index in [-0.39, 0.29) is 23.5 Å². The average molecular weight is 608 g/mol. The van der Waals surface area contributed by atoms with Crippen LogP contribution in [0.4, 0.5) is 5.69 Å². The molecule has 8 heteroatoms. The number of cyclic esters (lactones) is 1. The fourth-order valence-corrected chi connectivity index (χ4v) is 9.67. The summed E-state index contributed by atoms with van der Waals surface area (Å²) in [5.74, 6) is -2.68. The van der Waals surface area contributed by atoms with Crippen molar-refractivity contribution in [3.8, 4) is 5.75 Å². The van der Waals surface area contributed by atoms with E-state index < -0.39 is 43.1 Å². The molecule has 4 aliphatic rings. The summed E-state index contributed by atoms with van der Waals surface area (Å²) in [6, 6.07) is 26.7. The van der Waals surface area contributed by atoms with Crippen molar-refractivity contribution >= 4 is 31.8 Å². The van der Waals surface area contributed by atoms with Gasteiger partial charge in [-0.05, 0) is 59.1 Å². The molecule has 1 saturated heterocycles. The van der Waals surface area contributed by atoms with Gasteiger partial charge in [0.1, 0.15) is 18.0 Å². The lowest BCUT2D eigenvalue weighted by Crippen LogP contribution is -2.57. The predicted octanol–water partition coefficient (Wildman–Crippen LogP) is 6.16. The van der Waals surface area contributed by atoms with Crippen LogP contribution in [0.1, 0.15) is 37.8 Å². The van der Waals surface area contributed by atoms with Crippen molar-refractivity contribution in [3.05, 3.63) is 107 Å². The van der Waals surface area contributed by atoms with Crippen molar-refractivity contribution in [3.63, 3.8) is 0 Å². The molecule has 7 rings (SSSR count). The van der Waals surface area contributed by atoms with E-state index in [2.05, 4.69) is 33.9 Å². The zero-order chi connectivity index (χ0) is 31.2. The van der Waals surface area contributed by atoms with Crippen LogP contribution in [-0.4, -0.2) is 45.4 Å². The minimum Gasteiger partial charge on any atom is -0.497 e. The summed E-state index contributed by atoms with van der Waals surface area (Å²) >= 11 is 0. The van der Waals surface area contributed by atoms with E-state index in [9.17, 15) is 14.4 Å². The molecular weight excluding hydrogens is 570 g/mol. The van der Waals surface area contributed by atoms with Crippen molar-refractivity contribution in [2.75, 3.05) is 18.6 Å². The first-order valence-electron chi connectivity index (χ1n) is 15.1. The molecule has 2 fully saturated rings. The Balaban J connectivity index is 1.60. The zero-order valence-corrected chi connectivity index (χ0v) is 26.9. The second-order valence-corrected chi connectivity index (χ2v) is 18.6. The van der Waals surface area contributed by atoms with Gasteiger partial charge in [-0.3, -0.25) is 9.59 Å². The Hall–Kier alpha value is -4.01. The van der Waals surface area contributed by atoms with Crippen molar-refractivity contribution in [2.24, 2.45) is 11.8 Å². The number of hydrogen-bond acceptors (Lipinski definition) is 6. The largest absolute Gasteiger partial charge is 0.497 e. The molecule has 3 aromatic carbocycles. The molecule has 0 unspecified atom stereocenters. The smallest absolute Gasteiger partial charge is 0.337 e. The SMILES string of the molecule is COc1ccc([C@@]23C4=C(C(=O)OC4)[C@@](O[Si](C)(C)C(C)(C)C)([C@H]4C(=O)N(c5ccccc5)C(=O)[C@H]42)[C@@H]3c2ccccc2)cc1. The number of carbonyl (C=O) groups is 3. The quantitative estimate of drug-likeness (QED) is 0.190. The van der Waals surface area contributed by atoms with Crippen LogP contribution in [0.15, 0.2) is 96.1 Å². The number of fused-ring (bicyclic) bond motifs is 7. The number of imide groups is 1. The number of anilines is 1. The lowest BCUT2D eigenvalue weighted by Gasteiger charge is -2.48. The average Bonchev–Trinajstić information content (AvgIpc) is 3.67. The number of benzene rings is 3. The van der Waals surface area contributed by atoms with Crippen LogP contribution in [0.3, 0.4) is 0 Å². The van der Waals surface area contributed by atoms with Crippen LogP contribution in [0.2, 0.25) is 18.1 Å². The number of rotatable bonds is 6. The molecule has 0 spiro atoms. The first kappa shape index (κ1) is 28.7. The highest BCUT2D eigenvalue weighted by Crippen LogP contribution is 2.77. The maximum atomic E-state index is 14.9. The topological polar surface area (TPSA) is 82.1 Å². The molecule has 44 heavy (non-hydrogen) atoms. The first-order chi connectivity index (χ1) is 20.9. The molecule has 2 amide bonds. The highest BCUT2D eigenvalue weighted by molar-refractivity contribution is 6.74. The van der Waals surface area contributed by atoms with Crippen molar-refractivity contribution in [1.82, 2.24) is 0 Å². The minimum absolute atomic E-state index is 0.0438. The number of para-hydroxylation sites is 1. The molecule has 0 aromatic heterocycles. The minimum atomic E-state index is -2.71. The van der Waals surface area contributed by atoms with Crippen LogP contribution in [0, 0.1) is 11.8 Å². The van der Waals surface area contributed by atoms with Gasteiger partial charge >= 0.3 is 5.97 Å². The molecule has 226 valence electrons. The van der Waals surface area contributed by atoms with E-state index in [1.807, 2.05) is 72.8 Å². The predicted molar refractivity (Wildman–Crippen MR) is 169 cm³/mol. The lowest BCUT2D eigenvalue weighted by molar-refractivity contribution is -0.139. The summed E-state index contributed by atoms with van der Waals surface area (Å²) in [6.45, 7) is 10.8. The Morgan fingerprint density at radius 1 is 0.841 bits per heavy atom. The molecule has 5 atom stereocenters. The lowest BCUT2D eigenvalue weighted by atomic mass is 9.61. The molecule has 2 aliphatic carbocycles. The standard InChI is InChI=1S/C36H37NO6Si/c1-34(2,3)44(5,6)43-36-27-26(21-42-33(27)40)35(23-17-19-25(41-4)20-18-23,30(36)22-13-9-7-10-14-22)28-29(36)32(39)37(31(28)38)24-15-11-8-12-16-24/h7-20,28-30H,21H2,1-6H3/t28-,29+,30+,35+,36+/m0/s1. The highest BCUT2D eigenvalue weighted by atomic mass is 28.4. The van der Waals surface area contributed by atoms with Gasteiger partial charge < -0.3 is 13.9 Å². The molecule has 0 radical (unpaired) electrons. The van der Waals surface area contributed by atoms with Crippen LogP contribution in [0.25, 0.3) is 0 Å². The van der Waals surface area contributed by atoms with Crippen LogP contribution in [-0.2, 0) is 29.0 Å². The van der Waals surface area contributed by atoms with E-state index in [4.69, 9.17) is 13.9 Å². The molecular formula is C36H37NO6Si. The summed E-state index contributed by atoms with van der Waals surface area (Å²) in [6.07, 6.45) is 0. The monoisotopic (exact) mass is 607 g/mol. The van der Waals surface area contributed by atoms with E-state index in [0.717, 1.165) is 16.7 Å². The second-order valence-electron chi connectivity index (χ2n) is 13.8.